The molecular formula is C22H25N3O. The Morgan fingerprint density at radius 2 is 1.85 bits per heavy atom. The highest BCUT2D eigenvalue weighted by Crippen LogP contribution is 2.29. The lowest BCUT2D eigenvalue weighted by atomic mass is 9.99. The van der Waals surface area contributed by atoms with Gasteiger partial charge in [-0.1, -0.05) is 19.1 Å². The van der Waals surface area contributed by atoms with E-state index in [1.165, 1.54) is 18.5 Å². The van der Waals surface area contributed by atoms with Gasteiger partial charge >= 0.3 is 0 Å². The van der Waals surface area contributed by atoms with Crippen LogP contribution in [0.25, 0.3) is 10.9 Å². The van der Waals surface area contributed by atoms with E-state index in [4.69, 9.17) is 0 Å². The van der Waals surface area contributed by atoms with E-state index in [1.807, 2.05) is 37.3 Å². The van der Waals surface area contributed by atoms with Gasteiger partial charge in [0.25, 0.3) is 0 Å². The van der Waals surface area contributed by atoms with Crippen LogP contribution in [-0.2, 0) is 0 Å². The van der Waals surface area contributed by atoms with E-state index in [-0.39, 0.29) is 5.88 Å². The van der Waals surface area contributed by atoms with Crippen LogP contribution in [0.2, 0.25) is 0 Å². The summed E-state index contributed by atoms with van der Waals surface area (Å²) in [5, 5.41) is 11.2. The van der Waals surface area contributed by atoms with E-state index in [0.717, 1.165) is 46.7 Å². The lowest BCUT2D eigenvalue weighted by molar-refractivity contribution is 0.438. The van der Waals surface area contributed by atoms with Crippen molar-refractivity contribution in [1.29, 1.82) is 0 Å². The summed E-state index contributed by atoms with van der Waals surface area (Å²) >= 11 is 0. The number of aromatic hydroxyl groups is 1. The van der Waals surface area contributed by atoms with E-state index in [2.05, 4.69) is 33.9 Å². The molecule has 0 atom stereocenters. The molecule has 134 valence electrons. The molecule has 1 fully saturated rings. The summed E-state index contributed by atoms with van der Waals surface area (Å²) < 4.78 is 0. The zero-order valence-corrected chi connectivity index (χ0v) is 15.4. The van der Waals surface area contributed by atoms with Gasteiger partial charge in [0, 0.05) is 35.9 Å². The summed E-state index contributed by atoms with van der Waals surface area (Å²) in [6, 6.07) is 14.4. The molecule has 2 N–H and O–H groups in total. The monoisotopic (exact) mass is 347 g/mol. The van der Waals surface area contributed by atoms with E-state index < -0.39 is 0 Å². The molecule has 1 aliphatic heterocycles. The molecule has 0 spiro atoms. The quantitative estimate of drug-likeness (QED) is 0.642. The fraction of sp³-hybridized carbons (Fsp3) is 0.318. The van der Waals surface area contributed by atoms with E-state index in [9.17, 15) is 5.11 Å². The standard InChI is InChI=1S/C22H25N3O/c1-15-10-12-25(13-11-15)18-8-6-17(7-9-18)23-14-19-21-16(2)4-3-5-20(21)24-22(19)26/h3-9,14-15,24,26H,10-13H2,1-2H3. The van der Waals surface area contributed by atoms with Crippen LogP contribution in [-0.4, -0.2) is 29.4 Å². The van der Waals surface area contributed by atoms with Crippen molar-refractivity contribution in [2.75, 3.05) is 18.0 Å². The number of rotatable bonds is 3. The molecule has 1 aromatic heterocycles. The van der Waals surface area contributed by atoms with Gasteiger partial charge in [-0.15, -0.1) is 0 Å². The number of fused-ring (bicyclic) bond motifs is 1. The van der Waals surface area contributed by atoms with Gasteiger partial charge in [-0.05, 0) is 61.6 Å². The smallest absolute Gasteiger partial charge is 0.198 e. The van der Waals surface area contributed by atoms with Crippen LogP contribution in [0.4, 0.5) is 11.4 Å². The third-order valence-electron chi connectivity index (χ3n) is 5.39. The zero-order chi connectivity index (χ0) is 18.1. The maximum absolute atomic E-state index is 10.2. The highest BCUT2D eigenvalue weighted by Gasteiger charge is 2.15. The van der Waals surface area contributed by atoms with E-state index in [1.54, 1.807) is 6.21 Å². The van der Waals surface area contributed by atoms with Crippen LogP contribution >= 0.6 is 0 Å². The Hall–Kier alpha value is -2.75. The van der Waals surface area contributed by atoms with Crippen LogP contribution in [0.3, 0.4) is 0 Å². The maximum atomic E-state index is 10.2. The molecule has 26 heavy (non-hydrogen) atoms. The Morgan fingerprint density at radius 1 is 1.12 bits per heavy atom. The van der Waals surface area contributed by atoms with Crippen molar-refractivity contribution in [3.05, 3.63) is 53.6 Å². The highest BCUT2D eigenvalue weighted by molar-refractivity contribution is 6.04. The summed E-state index contributed by atoms with van der Waals surface area (Å²) in [5.74, 6) is 1.000. The van der Waals surface area contributed by atoms with E-state index in [0.29, 0.717) is 0 Å². The Kier molecular flexibility index (Phi) is 4.41. The molecule has 0 radical (unpaired) electrons. The second kappa shape index (κ2) is 6.87. The minimum atomic E-state index is 0.164. The van der Waals surface area contributed by atoms with Crippen molar-refractivity contribution >= 4 is 28.5 Å². The first kappa shape index (κ1) is 16.7. The van der Waals surface area contributed by atoms with Crippen LogP contribution in [0.1, 0.15) is 30.9 Å². The number of nitrogens with zero attached hydrogens (tertiary/aromatic N) is 2. The number of benzene rings is 2. The number of aromatic amines is 1. The summed E-state index contributed by atoms with van der Waals surface area (Å²) in [7, 11) is 0. The van der Waals surface area contributed by atoms with Crippen LogP contribution in [0, 0.1) is 12.8 Å². The van der Waals surface area contributed by atoms with Crippen molar-refractivity contribution in [2.24, 2.45) is 10.9 Å². The second-order valence-corrected chi connectivity index (χ2v) is 7.33. The first-order valence-electron chi connectivity index (χ1n) is 9.31. The highest BCUT2D eigenvalue weighted by atomic mass is 16.3. The van der Waals surface area contributed by atoms with Gasteiger partial charge in [-0.3, -0.25) is 4.99 Å². The molecule has 0 saturated carbocycles. The molecule has 4 heteroatoms. The lowest BCUT2D eigenvalue weighted by Crippen LogP contribution is -2.32. The molecule has 0 aliphatic carbocycles. The van der Waals surface area contributed by atoms with Gasteiger partial charge in [-0.25, -0.2) is 0 Å². The number of anilines is 1. The van der Waals surface area contributed by atoms with Crippen LogP contribution in [0.15, 0.2) is 47.5 Å². The third-order valence-corrected chi connectivity index (χ3v) is 5.39. The number of piperidine rings is 1. The van der Waals surface area contributed by atoms with Crippen molar-refractivity contribution in [2.45, 2.75) is 26.7 Å². The average Bonchev–Trinajstić information content (AvgIpc) is 2.98. The molecule has 3 aromatic rings. The molecule has 0 unspecified atom stereocenters. The van der Waals surface area contributed by atoms with Crippen LogP contribution < -0.4 is 4.90 Å². The van der Waals surface area contributed by atoms with Crippen molar-refractivity contribution in [3.63, 3.8) is 0 Å². The Labute approximate surface area is 154 Å². The Morgan fingerprint density at radius 3 is 2.58 bits per heavy atom. The van der Waals surface area contributed by atoms with E-state index >= 15 is 0 Å². The normalized spacial score (nSPS) is 16.0. The Balaban J connectivity index is 1.55. The minimum Gasteiger partial charge on any atom is -0.494 e. The molecule has 1 saturated heterocycles. The molecule has 1 aliphatic rings. The minimum absolute atomic E-state index is 0.164. The zero-order valence-electron chi connectivity index (χ0n) is 15.4. The summed E-state index contributed by atoms with van der Waals surface area (Å²) in [6.45, 7) is 6.64. The molecular weight excluding hydrogens is 322 g/mol. The molecule has 4 nitrogen and oxygen atoms in total. The van der Waals surface area contributed by atoms with Gasteiger partial charge in [0.1, 0.15) is 0 Å². The second-order valence-electron chi connectivity index (χ2n) is 7.33. The number of nitrogens with one attached hydrogen (secondary N) is 1. The SMILES string of the molecule is Cc1cccc2[nH]c(O)c(C=Nc3ccc(N4CCC(C)CC4)cc3)c12. The number of aryl methyl sites for hydroxylation is 1. The summed E-state index contributed by atoms with van der Waals surface area (Å²) in [6.07, 6.45) is 4.27. The predicted molar refractivity (Wildman–Crippen MR) is 109 cm³/mol. The number of aromatic nitrogens is 1. The fourth-order valence-corrected chi connectivity index (χ4v) is 3.72. The van der Waals surface area contributed by atoms with Crippen molar-refractivity contribution < 1.29 is 5.11 Å². The number of H-pyrrole nitrogens is 1. The lowest BCUT2D eigenvalue weighted by Gasteiger charge is -2.32. The number of hydrogen-bond acceptors (Lipinski definition) is 3. The molecule has 0 bridgehead atoms. The molecule has 4 rings (SSSR count). The van der Waals surface area contributed by atoms with Gasteiger partial charge in [0.15, 0.2) is 5.88 Å². The molecule has 0 amide bonds. The third kappa shape index (κ3) is 3.19. The van der Waals surface area contributed by atoms with Crippen molar-refractivity contribution in [3.8, 4) is 5.88 Å². The number of hydrogen-bond donors (Lipinski definition) is 2. The van der Waals surface area contributed by atoms with Gasteiger partial charge in [-0.2, -0.15) is 0 Å². The first-order valence-corrected chi connectivity index (χ1v) is 9.31. The predicted octanol–water partition coefficient (Wildman–Crippen LogP) is 5.17. The topological polar surface area (TPSA) is 51.6 Å². The average molecular weight is 347 g/mol. The molecule has 2 aromatic carbocycles. The number of aliphatic imine (C=N–C) groups is 1. The van der Waals surface area contributed by atoms with Gasteiger partial charge < -0.3 is 15.0 Å². The summed E-state index contributed by atoms with van der Waals surface area (Å²) in [5.41, 5.74) is 4.95. The van der Waals surface area contributed by atoms with Gasteiger partial charge in [0.05, 0.1) is 11.3 Å². The fourth-order valence-electron chi connectivity index (χ4n) is 3.72. The van der Waals surface area contributed by atoms with Gasteiger partial charge in [0.2, 0.25) is 0 Å². The van der Waals surface area contributed by atoms with Crippen molar-refractivity contribution in [1.82, 2.24) is 4.98 Å². The first-order chi connectivity index (χ1) is 12.6. The molecule has 2 heterocycles. The maximum Gasteiger partial charge on any atom is 0.198 e. The largest absolute Gasteiger partial charge is 0.494 e. The van der Waals surface area contributed by atoms with Crippen LogP contribution in [0.5, 0.6) is 5.88 Å². The summed E-state index contributed by atoms with van der Waals surface area (Å²) in [4.78, 5) is 10.0. The Bertz CT molecular complexity index is 932.